The van der Waals surface area contributed by atoms with E-state index < -0.39 is 22.9 Å². The molecule has 0 spiro atoms. The van der Waals surface area contributed by atoms with Crippen molar-refractivity contribution in [2.45, 2.75) is 26.8 Å². The molecule has 3 rings (SSSR count). The number of halogens is 3. The Bertz CT molecular complexity index is 1120. The number of aromatic nitrogens is 2. The van der Waals surface area contributed by atoms with E-state index in [2.05, 4.69) is 15.2 Å². The van der Waals surface area contributed by atoms with Gasteiger partial charge in [-0.2, -0.15) is 5.10 Å². The van der Waals surface area contributed by atoms with E-state index in [1.54, 1.807) is 38.1 Å². The molecule has 11 heteroatoms. The molecule has 31 heavy (non-hydrogen) atoms. The zero-order valence-corrected chi connectivity index (χ0v) is 16.4. The summed E-state index contributed by atoms with van der Waals surface area (Å²) in [6, 6.07) is 11.4. The molecule has 1 aromatic heterocycles. The number of ether oxygens (including phenoxy) is 1. The van der Waals surface area contributed by atoms with Crippen molar-refractivity contribution in [1.82, 2.24) is 9.78 Å². The fourth-order valence-corrected chi connectivity index (χ4v) is 3.01. The minimum absolute atomic E-state index is 0.0345. The number of carbonyl (C=O) groups excluding carboxylic acids is 1. The molecule has 0 aliphatic carbocycles. The lowest BCUT2D eigenvalue weighted by atomic mass is 10.1. The van der Waals surface area contributed by atoms with Crippen molar-refractivity contribution < 1.29 is 27.6 Å². The smallest absolute Gasteiger partial charge is 0.406 e. The second-order valence-corrected chi connectivity index (χ2v) is 6.66. The molecule has 1 heterocycles. The molecule has 0 radical (unpaired) electrons. The number of alkyl halides is 3. The largest absolute Gasteiger partial charge is 0.573 e. The minimum atomic E-state index is -4.83. The number of amides is 1. The van der Waals surface area contributed by atoms with Crippen molar-refractivity contribution >= 4 is 17.3 Å². The van der Waals surface area contributed by atoms with Crippen LogP contribution in [0.25, 0.3) is 0 Å². The van der Waals surface area contributed by atoms with Gasteiger partial charge in [-0.15, -0.1) is 13.2 Å². The first-order valence-corrected chi connectivity index (χ1v) is 8.98. The quantitative estimate of drug-likeness (QED) is 0.451. The van der Waals surface area contributed by atoms with E-state index in [0.717, 1.165) is 17.7 Å². The predicted octanol–water partition coefficient (Wildman–Crippen LogP) is 4.61. The molecule has 162 valence electrons. The zero-order valence-electron chi connectivity index (χ0n) is 16.4. The summed E-state index contributed by atoms with van der Waals surface area (Å²) in [5.74, 6) is -0.961. The fraction of sp³-hybridized carbons (Fsp3) is 0.200. The molecule has 8 nitrogen and oxygen atoms in total. The fourth-order valence-electron chi connectivity index (χ4n) is 3.01. The summed E-state index contributed by atoms with van der Waals surface area (Å²) in [6.45, 7) is 3.44. The van der Waals surface area contributed by atoms with Gasteiger partial charge in [0, 0.05) is 17.3 Å². The van der Waals surface area contributed by atoms with Crippen LogP contribution < -0.4 is 10.1 Å². The van der Waals surface area contributed by atoms with E-state index >= 15 is 0 Å². The van der Waals surface area contributed by atoms with Gasteiger partial charge in [0.15, 0.2) is 0 Å². The van der Waals surface area contributed by atoms with Crippen molar-refractivity contribution in [3.63, 3.8) is 0 Å². The van der Waals surface area contributed by atoms with Crippen LogP contribution in [0.3, 0.4) is 0 Å². The highest BCUT2D eigenvalue weighted by atomic mass is 19.4. The molecule has 0 aliphatic rings. The summed E-state index contributed by atoms with van der Waals surface area (Å²) in [5.41, 5.74) is 1.89. The Morgan fingerprint density at radius 3 is 2.45 bits per heavy atom. The molecule has 0 saturated heterocycles. The molecule has 0 saturated carbocycles. The number of nitrogens with zero attached hydrogens (tertiary/aromatic N) is 3. The molecule has 3 aromatic rings. The minimum Gasteiger partial charge on any atom is -0.406 e. The summed E-state index contributed by atoms with van der Waals surface area (Å²) in [4.78, 5) is 23.0. The second kappa shape index (κ2) is 8.46. The van der Waals surface area contributed by atoms with Crippen LogP contribution in [-0.4, -0.2) is 27.0 Å². The van der Waals surface area contributed by atoms with Crippen LogP contribution in [0.4, 0.5) is 24.5 Å². The van der Waals surface area contributed by atoms with Crippen LogP contribution in [0, 0.1) is 24.0 Å². The van der Waals surface area contributed by atoms with Crippen molar-refractivity contribution in [3.05, 3.63) is 81.2 Å². The first kappa shape index (κ1) is 21.8. The summed E-state index contributed by atoms with van der Waals surface area (Å²) in [6.07, 6.45) is -4.83. The van der Waals surface area contributed by atoms with E-state index in [4.69, 9.17) is 0 Å². The van der Waals surface area contributed by atoms with Gasteiger partial charge in [-0.05, 0) is 43.7 Å². The maximum atomic E-state index is 12.4. The average Bonchev–Trinajstić information content (AvgIpc) is 2.94. The molecular formula is C20H17F3N4O4. The Morgan fingerprint density at radius 2 is 1.87 bits per heavy atom. The molecule has 2 aromatic carbocycles. The number of rotatable bonds is 6. The van der Waals surface area contributed by atoms with Crippen molar-refractivity contribution in [3.8, 4) is 5.75 Å². The normalized spacial score (nSPS) is 11.3. The van der Waals surface area contributed by atoms with E-state index in [1.807, 2.05) is 0 Å². The van der Waals surface area contributed by atoms with Gasteiger partial charge < -0.3 is 10.1 Å². The van der Waals surface area contributed by atoms with Crippen LogP contribution in [-0.2, 0) is 6.54 Å². The lowest BCUT2D eigenvalue weighted by Gasteiger charge is -2.11. The van der Waals surface area contributed by atoms with E-state index in [1.165, 1.54) is 16.8 Å². The lowest BCUT2D eigenvalue weighted by molar-refractivity contribution is -0.386. The third-order valence-electron chi connectivity index (χ3n) is 4.40. The van der Waals surface area contributed by atoms with Gasteiger partial charge in [-0.3, -0.25) is 19.6 Å². The Hall–Kier alpha value is -3.89. The lowest BCUT2D eigenvalue weighted by Crippen LogP contribution is -2.17. The van der Waals surface area contributed by atoms with Gasteiger partial charge in [0.25, 0.3) is 5.91 Å². The van der Waals surface area contributed by atoms with Gasteiger partial charge in [-0.1, -0.05) is 18.2 Å². The first-order chi connectivity index (χ1) is 14.5. The molecule has 1 amide bonds. The van der Waals surface area contributed by atoms with E-state index in [-0.39, 0.29) is 23.5 Å². The maximum Gasteiger partial charge on any atom is 0.573 e. The molecule has 0 bridgehead atoms. The van der Waals surface area contributed by atoms with Crippen LogP contribution in [0.15, 0.2) is 48.5 Å². The van der Waals surface area contributed by atoms with Crippen LogP contribution >= 0.6 is 0 Å². The van der Waals surface area contributed by atoms with Crippen molar-refractivity contribution in [2.75, 3.05) is 5.32 Å². The topological polar surface area (TPSA) is 99.3 Å². The number of nitro groups is 1. The number of nitrogens with one attached hydrogen (secondary N) is 1. The van der Waals surface area contributed by atoms with Crippen molar-refractivity contribution in [1.29, 1.82) is 0 Å². The number of hydrogen-bond acceptors (Lipinski definition) is 5. The molecule has 0 aliphatic heterocycles. The number of aryl methyl sites for hydroxylation is 1. The average molecular weight is 434 g/mol. The molecule has 0 atom stereocenters. The van der Waals surface area contributed by atoms with Gasteiger partial charge >= 0.3 is 12.0 Å². The highest BCUT2D eigenvalue weighted by molar-refractivity contribution is 6.04. The Labute approximate surface area is 174 Å². The number of anilines is 1. The maximum absolute atomic E-state index is 12.4. The first-order valence-electron chi connectivity index (χ1n) is 8.98. The second-order valence-electron chi connectivity index (χ2n) is 6.66. The monoisotopic (exact) mass is 434 g/mol. The van der Waals surface area contributed by atoms with Gasteiger partial charge in [0.05, 0.1) is 11.5 Å². The highest BCUT2D eigenvalue weighted by Crippen LogP contribution is 2.25. The third kappa shape index (κ3) is 5.38. The summed E-state index contributed by atoms with van der Waals surface area (Å²) >= 11 is 0. The van der Waals surface area contributed by atoms with Crippen molar-refractivity contribution in [2.24, 2.45) is 0 Å². The Kier molecular flexibility index (Phi) is 5.95. The SMILES string of the molecule is Cc1nn(Cc2ccc(C(=O)Nc3cccc(OC(F)(F)F)c3)cc2)c(C)c1[N+](=O)[O-]. The van der Waals surface area contributed by atoms with Gasteiger partial charge in [0.1, 0.15) is 17.1 Å². The predicted molar refractivity (Wildman–Crippen MR) is 105 cm³/mol. The van der Waals surface area contributed by atoms with Crippen LogP contribution in [0.1, 0.15) is 27.3 Å². The molecular weight excluding hydrogens is 417 g/mol. The third-order valence-corrected chi connectivity index (χ3v) is 4.40. The summed E-state index contributed by atoms with van der Waals surface area (Å²) < 4.78 is 42.3. The standard InChI is InChI=1S/C20H17F3N4O4/c1-12-18(27(29)30)13(2)26(25-12)11-14-6-8-15(9-7-14)19(28)24-16-4-3-5-17(10-16)31-20(21,22)23/h3-10H,11H2,1-2H3,(H,24,28). The number of hydrogen-bond donors (Lipinski definition) is 1. The highest BCUT2D eigenvalue weighted by Gasteiger charge is 2.31. The number of benzene rings is 2. The van der Waals surface area contributed by atoms with E-state index in [9.17, 15) is 28.1 Å². The summed E-state index contributed by atoms with van der Waals surface area (Å²) in [7, 11) is 0. The van der Waals surface area contributed by atoms with Crippen LogP contribution in [0.2, 0.25) is 0 Å². The van der Waals surface area contributed by atoms with Crippen LogP contribution in [0.5, 0.6) is 5.75 Å². The zero-order chi connectivity index (χ0) is 22.8. The molecule has 0 fully saturated rings. The Balaban J connectivity index is 1.69. The molecule has 0 unspecified atom stereocenters. The molecule has 1 N–H and O–H groups in total. The number of carbonyl (C=O) groups is 1. The summed E-state index contributed by atoms with van der Waals surface area (Å²) in [5, 5.41) is 17.8. The van der Waals surface area contributed by atoms with Gasteiger partial charge in [0.2, 0.25) is 0 Å². The Morgan fingerprint density at radius 1 is 1.19 bits per heavy atom. The van der Waals surface area contributed by atoms with E-state index in [0.29, 0.717) is 11.4 Å². The van der Waals surface area contributed by atoms with Gasteiger partial charge in [-0.25, -0.2) is 0 Å².